The number of benzene rings is 2. The average Bonchev–Trinajstić information content (AvgIpc) is 2.70. The summed E-state index contributed by atoms with van der Waals surface area (Å²) in [7, 11) is -2.66. The Kier molecular flexibility index (Phi) is 6.04. The van der Waals surface area contributed by atoms with Crippen molar-refractivity contribution in [3.8, 4) is 5.75 Å². The van der Waals surface area contributed by atoms with Crippen molar-refractivity contribution in [1.29, 1.82) is 0 Å². The summed E-state index contributed by atoms with van der Waals surface area (Å²) in [6.07, 6.45) is 1.20. The molecule has 2 N–H and O–H groups in total. The number of hydrogen-bond donors (Lipinski definition) is 2. The lowest BCUT2D eigenvalue weighted by Gasteiger charge is -2.13. The van der Waals surface area contributed by atoms with Gasteiger partial charge in [-0.2, -0.15) is 4.73 Å². The van der Waals surface area contributed by atoms with Crippen molar-refractivity contribution >= 4 is 43.2 Å². The van der Waals surface area contributed by atoms with Crippen LogP contribution in [0, 0.1) is 5.21 Å². The lowest BCUT2D eigenvalue weighted by molar-refractivity contribution is -0.607. The summed E-state index contributed by atoms with van der Waals surface area (Å²) in [5.74, 6) is -0.568. The maximum absolute atomic E-state index is 12.9. The molecule has 2 aromatic carbocycles. The molecular formula is C19H16BrN3O5S. The molecule has 0 aliphatic carbocycles. The minimum Gasteiger partial charge on any atom is -0.618 e. The van der Waals surface area contributed by atoms with E-state index in [0.29, 0.717) is 10.4 Å². The molecule has 0 saturated heterocycles. The number of nitrogens with one attached hydrogen (secondary N) is 2. The first-order valence-corrected chi connectivity index (χ1v) is 10.5. The Morgan fingerprint density at radius 2 is 1.76 bits per heavy atom. The molecule has 3 aromatic rings. The van der Waals surface area contributed by atoms with Gasteiger partial charge in [0.2, 0.25) is 0 Å². The Balaban J connectivity index is 1.91. The van der Waals surface area contributed by atoms with E-state index in [1.807, 2.05) is 0 Å². The fraction of sp³-hybridized carbons (Fsp3) is 0.0526. The monoisotopic (exact) mass is 477 g/mol. The molecule has 29 heavy (non-hydrogen) atoms. The SMILES string of the molecule is COc1ccc(NC(=O)c2cccc[n+]2[O-])cc1S(=O)(=O)Nc1ccc(Br)cc1. The van der Waals surface area contributed by atoms with Gasteiger partial charge >= 0.3 is 5.91 Å². The third-order valence-electron chi connectivity index (χ3n) is 3.86. The van der Waals surface area contributed by atoms with Crippen molar-refractivity contribution in [2.45, 2.75) is 4.90 Å². The van der Waals surface area contributed by atoms with E-state index in [2.05, 4.69) is 26.0 Å². The first-order chi connectivity index (χ1) is 13.8. The van der Waals surface area contributed by atoms with Gasteiger partial charge in [-0.1, -0.05) is 15.9 Å². The summed E-state index contributed by atoms with van der Waals surface area (Å²) in [5.41, 5.74) is 0.429. The number of methoxy groups -OCH3 is 1. The van der Waals surface area contributed by atoms with Crippen LogP contribution in [0.2, 0.25) is 0 Å². The minimum absolute atomic E-state index is 0.103. The zero-order valence-corrected chi connectivity index (χ0v) is 17.5. The highest BCUT2D eigenvalue weighted by molar-refractivity contribution is 9.10. The van der Waals surface area contributed by atoms with Gasteiger partial charge in [0.1, 0.15) is 10.6 Å². The number of pyridine rings is 1. The molecular weight excluding hydrogens is 462 g/mol. The first-order valence-electron chi connectivity index (χ1n) is 8.26. The van der Waals surface area contributed by atoms with Crippen LogP contribution >= 0.6 is 15.9 Å². The van der Waals surface area contributed by atoms with Gasteiger partial charge in [0, 0.05) is 28.0 Å². The number of rotatable bonds is 6. The van der Waals surface area contributed by atoms with Crippen molar-refractivity contribution in [1.82, 2.24) is 0 Å². The van der Waals surface area contributed by atoms with Crippen LogP contribution in [0.15, 0.2) is 76.2 Å². The standard InChI is InChI=1S/C19H16BrN3O5S/c1-28-17-10-9-15(21-19(24)16-4-2-3-11-23(16)25)12-18(17)29(26,27)22-14-7-5-13(20)6-8-14/h2-12,22H,1H3,(H,21,24). The van der Waals surface area contributed by atoms with Gasteiger partial charge in [-0.15, -0.1) is 0 Å². The molecule has 0 fully saturated rings. The van der Waals surface area contributed by atoms with Gasteiger partial charge in [-0.3, -0.25) is 9.52 Å². The Labute approximate surface area is 175 Å². The smallest absolute Gasteiger partial charge is 0.321 e. The van der Waals surface area contributed by atoms with E-state index in [0.717, 1.165) is 4.47 Å². The molecule has 0 unspecified atom stereocenters. The van der Waals surface area contributed by atoms with Gasteiger partial charge < -0.3 is 15.3 Å². The largest absolute Gasteiger partial charge is 0.618 e. The number of anilines is 2. The molecule has 0 aliphatic rings. The maximum atomic E-state index is 12.9. The number of hydrogen-bond acceptors (Lipinski definition) is 5. The summed E-state index contributed by atoms with van der Waals surface area (Å²) >= 11 is 3.29. The quantitative estimate of drug-likeness (QED) is 0.418. The van der Waals surface area contributed by atoms with Crippen molar-refractivity contribution in [3.05, 3.63) is 82.2 Å². The molecule has 0 atom stereocenters. The van der Waals surface area contributed by atoms with E-state index in [1.54, 1.807) is 30.3 Å². The molecule has 1 aromatic heterocycles. The molecule has 0 bridgehead atoms. The third-order valence-corrected chi connectivity index (χ3v) is 5.80. The van der Waals surface area contributed by atoms with E-state index in [9.17, 15) is 18.4 Å². The van der Waals surface area contributed by atoms with Gasteiger partial charge in [0.25, 0.3) is 15.7 Å². The molecule has 1 heterocycles. The van der Waals surface area contributed by atoms with Crippen molar-refractivity contribution in [2.24, 2.45) is 0 Å². The summed E-state index contributed by atoms with van der Waals surface area (Å²) < 4.78 is 34.6. The number of amides is 1. The summed E-state index contributed by atoms with van der Waals surface area (Å²) in [5, 5.41) is 14.3. The predicted molar refractivity (Wildman–Crippen MR) is 111 cm³/mol. The zero-order chi connectivity index (χ0) is 21.0. The second-order valence-corrected chi connectivity index (χ2v) is 8.41. The molecule has 3 rings (SSSR count). The highest BCUT2D eigenvalue weighted by atomic mass is 79.9. The van der Waals surface area contributed by atoms with Crippen LogP contribution in [0.4, 0.5) is 11.4 Å². The molecule has 8 nitrogen and oxygen atoms in total. The first kappa shape index (κ1) is 20.6. The van der Waals surface area contributed by atoms with E-state index < -0.39 is 15.9 Å². The van der Waals surface area contributed by atoms with Crippen molar-refractivity contribution < 1.29 is 22.7 Å². The molecule has 0 radical (unpaired) electrons. The van der Waals surface area contributed by atoms with Crippen LogP contribution in [0.25, 0.3) is 0 Å². The topological polar surface area (TPSA) is 111 Å². The number of ether oxygens (including phenoxy) is 1. The molecule has 10 heteroatoms. The lowest BCUT2D eigenvalue weighted by atomic mass is 10.2. The summed E-state index contributed by atoms with van der Waals surface area (Å²) in [6, 6.07) is 15.2. The maximum Gasteiger partial charge on any atom is 0.321 e. The van der Waals surface area contributed by atoms with Crippen LogP contribution in [0.1, 0.15) is 10.5 Å². The number of sulfonamides is 1. The lowest BCUT2D eigenvalue weighted by Crippen LogP contribution is -2.36. The molecule has 0 spiro atoms. The van der Waals surface area contributed by atoms with Crippen LogP contribution in [0.5, 0.6) is 5.75 Å². The van der Waals surface area contributed by atoms with Crippen LogP contribution < -0.4 is 19.5 Å². The number of carbonyl (C=O) groups excluding carboxylic acids is 1. The zero-order valence-electron chi connectivity index (χ0n) is 15.1. The number of nitrogens with zero attached hydrogens (tertiary/aromatic N) is 1. The second-order valence-electron chi connectivity index (χ2n) is 5.84. The average molecular weight is 478 g/mol. The molecule has 1 amide bonds. The highest BCUT2D eigenvalue weighted by Crippen LogP contribution is 2.29. The Bertz CT molecular complexity index is 1150. The molecule has 0 saturated carbocycles. The van der Waals surface area contributed by atoms with Gasteiger partial charge in [-0.05, 0) is 48.5 Å². The van der Waals surface area contributed by atoms with Crippen molar-refractivity contribution in [2.75, 3.05) is 17.1 Å². The van der Waals surface area contributed by atoms with Crippen LogP contribution in [-0.4, -0.2) is 21.4 Å². The van der Waals surface area contributed by atoms with E-state index in [-0.39, 0.29) is 22.0 Å². The van der Waals surface area contributed by atoms with E-state index >= 15 is 0 Å². The van der Waals surface area contributed by atoms with Gasteiger partial charge in [0.05, 0.1) is 7.11 Å². The Hall–Kier alpha value is -3.11. The van der Waals surface area contributed by atoms with E-state index in [4.69, 9.17) is 4.74 Å². The summed E-state index contributed by atoms with van der Waals surface area (Å²) in [6.45, 7) is 0. The van der Waals surface area contributed by atoms with Gasteiger partial charge in [0.15, 0.2) is 6.20 Å². The van der Waals surface area contributed by atoms with Crippen LogP contribution in [0.3, 0.4) is 0 Å². The fourth-order valence-corrected chi connectivity index (χ4v) is 4.01. The predicted octanol–water partition coefficient (Wildman–Crippen LogP) is 3.14. The Morgan fingerprint density at radius 3 is 2.41 bits per heavy atom. The Morgan fingerprint density at radius 1 is 1.07 bits per heavy atom. The second kappa shape index (κ2) is 8.50. The summed E-state index contributed by atoms with van der Waals surface area (Å²) in [4.78, 5) is 12.2. The van der Waals surface area contributed by atoms with Crippen molar-refractivity contribution in [3.63, 3.8) is 0 Å². The number of carbonyl (C=O) groups is 1. The highest BCUT2D eigenvalue weighted by Gasteiger charge is 2.22. The van der Waals surface area contributed by atoms with Gasteiger partial charge in [-0.25, -0.2) is 8.42 Å². The number of aromatic nitrogens is 1. The third kappa shape index (κ3) is 4.84. The molecule has 0 aliphatic heterocycles. The fourth-order valence-electron chi connectivity index (χ4n) is 2.49. The number of halogens is 1. The molecule has 150 valence electrons. The van der Waals surface area contributed by atoms with E-state index in [1.165, 1.54) is 43.6 Å². The van der Waals surface area contributed by atoms with Crippen LogP contribution in [-0.2, 0) is 10.0 Å². The minimum atomic E-state index is -4.01. The normalized spacial score (nSPS) is 11.0.